The SMILES string of the molecule is CN(C)C(=O)COc1ccc(C(=O)N2CCC(F)(F)/C(=C\C(=O)O)c3ccccc32)c(C(F)(F)F)c1. The van der Waals surface area contributed by atoms with Crippen molar-refractivity contribution in [1.82, 2.24) is 4.90 Å². The molecule has 0 aromatic heterocycles. The van der Waals surface area contributed by atoms with E-state index in [0.29, 0.717) is 12.1 Å². The predicted molar refractivity (Wildman–Crippen MR) is 119 cm³/mol. The van der Waals surface area contributed by atoms with E-state index in [1.165, 1.54) is 43.3 Å². The number of fused-ring (bicyclic) bond motifs is 1. The minimum absolute atomic E-state index is 0.155. The lowest BCUT2D eigenvalue weighted by atomic mass is 9.97. The number of hydrogen-bond donors (Lipinski definition) is 1. The molecule has 192 valence electrons. The first-order chi connectivity index (χ1) is 16.7. The molecule has 0 unspecified atom stereocenters. The number of hydrogen-bond acceptors (Lipinski definition) is 4. The third-order valence-electron chi connectivity index (χ3n) is 5.43. The second-order valence-electron chi connectivity index (χ2n) is 8.11. The molecular formula is C24H21F5N2O5. The highest BCUT2D eigenvalue weighted by Gasteiger charge is 2.43. The number of ether oxygens (including phenoxy) is 1. The highest BCUT2D eigenvalue weighted by Crippen LogP contribution is 2.44. The first kappa shape index (κ1) is 26.6. The van der Waals surface area contributed by atoms with E-state index >= 15 is 0 Å². The van der Waals surface area contributed by atoms with Crippen molar-refractivity contribution in [3.8, 4) is 5.75 Å². The van der Waals surface area contributed by atoms with E-state index in [-0.39, 0.29) is 17.0 Å². The van der Waals surface area contributed by atoms with Crippen LogP contribution in [0, 0.1) is 0 Å². The molecule has 3 rings (SSSR count). The lowest BCUT2D eigenvalue weighted by Crippen LogP contribution is -2.34. The zero-order valence-corrected chi connectivity index (χ0v) is 19.1. The molecule has 12 heteroatoms. The van der Waals surface area contributed by atoms with E-state index in [4.69, 9.17) is 9.84 Å². The molecule has 0 aliphatic carbocycles. The van der Waals surface area contributed by atoms with Crippen molar-refractivity contribution in [2.75, 3.05) is 32.1 Å². The second-order valence-corrected chi connectivity index (χ2v) is 8.11. The summed E-state index contributed by atoms with van der Waals surface area (Å²) >= 11 is 0. The average Bonchev–Trinajstić information content (AvgIpc) is 2.90. The fourth-order valence-corrected chi connectivity index (χ4v) is 3.61. The summed E-state index contributed by atoms with van der Waals surface area (Å²) in [7, 11) is 2.88. The van der Waals surface area contributed by atoms with Gasteiger partial charge in [-0.25, -0.2) is 13.6 Å². The van der Waals surface area contributed by atoms with Gasteiger partial charge in [0.15, 0.2) is 6.61 Å². The number of nitrogens with zero attached hydrogens (tertiary/aromatic N) is 2. The van der Waals surface area contributed by atoms with Crippen LogP contribution >= 0.6 is 0 Å². The maximum Gasteiger partial charge on any atom is 0.417 e. The Balaban J connectivity index is 2.07. The molecule has 2 aromatic carbocycles. The normalized spacial score (nSPS) is 16.2. The lowest BCUT2D eigenvalue weighted by molar-refractivity contribution is -0.138. The Morgan fingerprint density at radius 3 is 2.42 bits per heavy atom. The van der Waals surface area contributed by atoms with Gasteiger partial charge in [-0.05, 0) is 24.3 Å². The van der Waals surface area contributed by atoms with E-state index in [0.717, 1.165) is 17.0 Å². The number of allylic oxidation sites excluding steroid dienone is 1. The van der Waals surface area contributed by atoms with Gasteiger partial charge in [-0.1, -0.05) is 18.2 Å². The summed E-state index contributed by atoms with van der Waals surface area (Å²) in [6, 6.07) is 7.64. The largest absolute Gasteiger partial charge is 0.484 e. The number of carbonyl (C=O) groups excluding carboxylic acids is 2. The number of carboxylic acid groups (broad SMARTS) is 1. The lowest BCUT2D eigenvalue weighted by Gasteiger charge is -2.24. The molecule has 0 spiro atoms. The zero-order chi connectivity index (χ0) is 26.8. The number of aliphatic carboxylic acids is 1. The zero-order valence-electron chi connectivity index (χ0n) is 19.1. The molecule has 0 bridgehead atoms. The first-order valence-corrected chi connectivity index (χ1v) is 10.5. The molecule has 1 aliphatic rings. The maximum absolute atomic E-state index is 14.8. The Morgan fingerprint density at radius 1 is 1.14 bits per heavy atom. The van der Waals surface area contributed by atoms with Gasteiger partial charge < -0.3 is 19.6 Å². The molecular weight excluding hydrogens is 491 g/mol. The molecule has 0 saturated heterocycles. The summed E-state index contributed by atoms with van der Waals surface area (Å²) in [5.74, 6) is -7.33. The number of carbonyl (C=O) groups is 3. The molecule has 1 aliphatic heterocycles. The standard InChI is InChI=1S/C24H21F5N2O5/c1-30(2)20(32)13-36-14-7-8-16(18(11-14)24(27,28)29)22(35)31-10-9-23(25,26)17(12-21(33)34)15-5-3-4-6-19(15)31/h3-8,11-12H,9-10,13H2,1-2H3,(H,33,34)/b17-12-. The summed E-state index contributed by atoms with van der Waals surface area (Å²) in [4.78, 5) is 38.2. The molecule has 1 N–H and O–H groups in total. The van der Waals surface area contributed by atoms with Crippen molar-refractivity contribution < 1.29 is 46.2 Å². The topological polar surface area (TPSA) is 87.2 Å². The summed E-state index contributed by atoms with van der Waals surface area (Å²) < 4.78 is 76.5. The summed E-state index contributed by atoms with van der Waals surface area (Å²) in [6.45, 7) is -1.21. The van der Waals surface area contributed by atoms with E-state index in [1.54, 1.807) is 0 Å². The predicted octanol–water partition coefficient (Wildman–Crippen LogP) is 4.33. The number of likely N-dealkylation sites (N-methyl/N-ethyl adjacent to an activating group) is 1. The van der Waals surface area contributed by atoms with Crippen LogP contribution in [0.4, 0.5) is 27.6 Å². The van der Waals surface area contributed by atoms with Gasteiger partial charge in [-0.3, -0.25) is 9.59 Å². The Morgan fingerprint density at radius 2 is 1.81 bits per heavy atom. The summed E-state index contributed by atoms with van der Waals surface area (Å²) in [6.07, 6.45) is -5.70. The molecule has 2 amide bonds. The van der Waals surface area contributed by atoms with Crippen molar-refractivity contribution in [3.63, 3.8) is 0 Å². The first-order valence-electron chi connectivity index (χ1n) is 10.5. The third-order valence-corrected chi connectivity index (χ3v) is 5.43. The monoisotopic (exact) mass is 512 g/mol. The minimum Gasteiger partial charge on any atom is -0.484 e. The molecule has 0 radical (unpaired) electrons. The Hall–Kier alpha value is -3.96. The van der Waals surface area contributed by atoms with Crippen LogP contribution in [0.3, 0.4) is 0 Å². The van der Waals surface area contributed by atoms with Crippen LogP contribution in [-0.2, 0) is 15.8 Å². The molecule has 0 saturated carbocycles. The fraction of sp³-hybridized carbons (Fsp3) is 0.292. The van der Waals surface area contributed by atoms with Crippen molar-refractivity contribution in [2.45, 2.75) is 18.5 Å². The number of rotatable bonds is 5. The van der Waals surface area contributed by atoms with Gasteiger partial charge in [-0.15, -0.1) is 0 Å². The van der Waals surface area contributed by atoms with Crippen LogP contribution < -0.4 is 9.64 Å². The second kappa shape index (κ2) is 9.96. The van der Waals surface area contributed by atoms with Crippen LogP contribution in [0.1, 0.15) is 27.9 Å². The van der Waals surface area contributed by atoms with Crippen LogP contribution in [0.2, 0.25) is 0 Å². The van der Waals surface area contributed by atoms with Gasteiger partial charge in [-0.2, -0.15) is 13.2 Å². The van der Waals surface area contributed by atoms with E-state index in [2.05, 4.69) is 0 Å². The molecule has 2 aromatic rings. The summed E-state index contributed by atoms with van der Waals surface area (Å²) in [5, 5.41) is 9.08. The van der Waals surface area contributed by atoms with Crippen LogP contribution in [0.15, 0.2) is 48.5 Å². The number of halogens is 5. The highest BCUT2D eigenvalue weighted by atomic mass is 19.4. The van der Waals surface area contributed by atoms with Crippen LogP contribution in [0.25, 0.3) is 5.57 Å². The number of para-hydroxylation sites is 1. The van der Waals surface area contributed by atoms with E-state index in [9.17, 15) is 36.3 Å². The molecule has 0 fully saturated rings. The molecule has 0 atom stereocenters. The van der Waals surface area contributed by atoms with Gasteiger partial charge in [0.2, 0.25) is 0 Å². The Labute approximate surface area is 202 Å². The number of benzene rings is 2. The molecule has 36 heavy (non-hydrogen) atoms. The smallest absolute Gasteiger partial charge is 0.417 e. The van der Waals surface area contributed by atoms with Gasteiger partial charge in [0.05, 0.1) is 16.8 Å². The molecule has 1 heterocycles. The van der Waals surface area contributed by atoms with Crippen molar-refractivity contribution in [3.05, 3.63) is 65.2 Å². The Bertz CT molecular complexity index is 1220. The van der Waals surface area contributed by atoms with Crippen LogP contribution in [0.5, 0.6) is 5.75 Å². The average molecular weight is 512 g/mol. The van der Waals surface area contributed by atoms with Gasteiger partial charge in [0, 0.05) is 44.3 Å². The van der Waals surface area contributed by atoms with Crippen molar-refractivity contribution >= 4 is 29.0 Å². The maximum atomic E-state index is 14.8. The minimum atomic E-state index is -5.01. The quantitative estimate of drug-likeness (QED) is 0.476. The van der Waals surface area contributed by atoms with Gasteiger partial charge >= 0.3 is 12.1 Å². The van der Waals surface area contributed by atoms with Crippen LogP contribution in [-0.4, -0.2) is 61.0 Å². The van der Waals surface area contributed by atoms with E-state index in [1.807, 2.05) is 0 Å². The Kier molecular flexibility index (Phi) is 7.37. The van der Waals surface area contributed by atoms with E-state index < -0.39 is 66.2 Å². The number of anilines is 1. The molecule has 7 nitrogen and oxygen atoms in total. The van der Waals surface area contributed by atoms with Crippen molar-refractivity contribution in [2.24, 2.45) is 0 Å². The summed E-state index contributed by atoms with van der Waals surface area (Å²) in [5.41, 5.74) is -3.50. The highest BCUT2D eigenvalue weighted by molar-refractivity contribution is 6.09. The number of alkyl halides is 5. The number of carboxylic acids is 1. The fourth-order valence-electron chi connectivity index (χ4n) is 3.61. The third kappa shape index (κ3) is 5.64. The van der Waals surface area contributed by atoms with Gasteiger partial charge in [0.25, 0.3) is 17.7 Å². The van der Waals surface area contributed by atoms with Crippen molar-refractivity contribution in [1.29, 1.82) is 0 Å². The van der Waals surface area contributed by atoms with Gasteiger partial charge in [0.1, 0.15) is 5.75 Å². The number of amides is 2.